The van der Waals surface area contributed by atoms with E-state index in [1.54, 1.807) is 0 Å². The SMILES string of the molecule is C[C@@H]1C(=O)O[C@H]2[C@H](O)[C@@]34[C@H]5C[C@@H](C(C)(C)C)C36[C@@H](OC(=O)[C@@H]6O)O[C@@]4(C(=O)O5)[C@@]12O. The van der Waals surface area contributed by atoms with E-state index in [9.17, 15) is 29.7 Å². The Morgan fingerprint density at radius 2 is 1.70 bits per heavy atom. The molecule has 4 saturated heterocycles. The average molecular weight is 424 g/mol. The van der Waals surface area contributed by atoms with Crippen molar-refractivity contribution in [2.24, 2.45) is 28.1 Å². The van der Waals surface area contributed by atoms with E-state index in [1.807, 2.05) is 20.8 Å². The van der Waals surface area contributed by atoms with Crippen LogP contribution in [0.5, 0.6) is 0 Å². The first-order valence-corrected chi connectivity index (χ1v) is 10.2. The van der Waals surface area contributed by atoms with Crippen molar-refractivity contribution in [3.05, 3.63) is 0 Å². The van der Waals surface area contributed by atoms with E-state index in [4.69, 9.17) is 18.9 Å². The molecule has 0 aromatic rings. The van der Waals surface area contributed by atoms with Crippen molar-refractivity contribution in [2.75, 3.05) is 0 Å². The number of ether oxygens (including phenoxy) is 4. The topological polar surface area (TPSA) is 149 Å². The van der Waals surface area contributed by atoms with Gasteiger partial charge in [-0.3, -0.25) is 4.79 Å². The number of rotatable bonds is 0. The molecule has 10 nitrogen and oxygen atoms in total. The fourth-order valence-corrected chi connectivity index (χ4v) is 8.12. The largest absolute Gasteiger partial charge is 0.459 e. The van der Waals surface area contributed by atoms with Gasteiger partial charge in [0.2, 0.25) is 11.9 Å². The van der Waals surface area contributed by atoms with Gasteiger partial charge >= 0.3 is 17.9 Å². The van der Waals surface area contributed by atoms with Crippen LogP contribution < -0.4 is 0 Å². The summed E-state index contributed by atoms with van der Waals surface area (Å²) < 4.78 is 22.5. The molecule has 2 aliphatic carbocycles. The zero-order valence-electron chi connectivity index (χ0n) is 16.9. The van der Waals surface area contributed by atoms with E-state index in [-0.39, 0.29) is 6.42 Å². The molecule has 11 atom stereocenters. The fraction of sp³-hybridized carbons (Fsp3) is 0.850. The molecule has 0 radical (unpaired) electrons. The molecule has 164 valence electrons. The molecule has 4 aliphatic heterocycles. The van der Waals surface area contributed by atoms with E-state index in [1.165, 1.54) is 6.92 Å². The van der Waals surface area contributed by atoms with E-state index >= 15 is 0 Å². The second-order valence-electron chi connectivity index (χ2n) is 10.7. The molecule has 3 N–H and O–H groups in total. The third-order valence-corrected chi connectivity index (χ3v) is 9.00. The Kier molecular flexibility index (Phi) is 2.97. The van der Waals surface area contributed by atoms with E-state index < -0.39 is 87.9 Å². The maximum atomic E-state index is 13.4. The highest BCUT2D eigenvalue weighted by atomic mass is 16.8. The number of aliphatic hydroxyl groups excluding tert-OH is 2. The molecule has 6 fully saturated rings. The van der Waals surface area contributed by atoms with Crippen LogP contribution in [0.25, 0.3) is 0 Å². The Hall–Kier alpha value is -1.75. The number of aliphatic hydroxyl groups is 3. The lowest BCUT2D eigenvalue weighted by Crippen LogP contribution is -2.67. The molecular formula is C20H24O10. The third-order valence-electron chi connectivity index (χ3n) is 9.00. The quantitative estimate of drug-likeness (QED) is 0.314. The van der Waals surface area contributed by atoms with Gasteiger partial charge in [0.05, 0.1) is 16.7 Å². The van der Waals surface area contributed by atoms with E-state index in [0.29, 0.717) is 0 Å². The summed E-state index contributed by atoms with van der Waals surface area (Å²) in [6.07, 6.45) is -6.91. The lowest BCUT2D eigenvalue weighted by molar-refractivity contribution is -0.239. The Labute approximate surface area is 171 Å². The van der Waals surface area contributed by atoms with Crippen LogP contribution in [0.1, 0.15) is 34.1 Å². The Morgan fingerprint density at radius 3 is 2.33 bits per heavy atom. The number of fused-ring (bicyclic) bond motifs is 1. The molecule has 2 spiro atoms. The van der Waals surface area contributed by atoms with E-state index in [2.05, 4.69) is 0 Å². The highest BCUT2D eigenvalue weighted by Crippen LogP contribution is 2.84. The summed E-state index contributed by atoms with van der Waals surface area (Å²) in [5.41, 5.74) is -8.26. The predicted molar refractivity (Wildman–Crippen MR) is 92.0 cm³/mol. The van der Waals surface area contributed by atoms with Gasteiger partial charge in [-0.05, 0) is 24.7 Å². The number of carbonyl (C=O) groups is 3. The molecule has 1 unspecified atom stereocenters. The lowest BCUT2D eigenvalue weighted by Gasteiger charge is -2.47. The van der Waals surface area contributed by atoms with Gasteiger partial charge in [-0.25, -0.2) is 9.59 Å². The average Bonchev–Trinajstić information content (AvgIpc) is 3.35. The Balaban J connectivity index is 1.72. The fourth-order valence-electron chi connectivity index (χ4n) is 8.12. The Morgan fingerprint density at radius 1 is 1.03 bits per heavy atom. The number of esters is 3. The highest BCUT2D eigenvalue weighted by Gasteiger charge is 3.03. The summed E-state index contributed by atoms with van der Waals surface area (Å²) in [7, 11) is 0. The van der Waals surface area contributed by atoms with Crippen molar-refractivity contribution in [3.8, 4) is 0 Å². The van der Waals surface area contributed by atoms with Crippen LogP contribution in [-0.4, -0.2) is 75.1 Å². The summed E-state index contributed by atoms with van der Waals surface area (Å²) in [6.45, 7) is 7.14. The van der Waals surface area contributed by atoms with Crippen molar-refractivity contribution in [2.45, 2.75) is 76.0 Å². The lowest BCUT2D eigenvalue weighted by atomic mass is 9.51. The van der Waals surface area contributed by atoms with Crippen molar-refractivity contribution >= 4 is 17.9 Å². The van der Waals surface area contributed by atoms with Gasteiger partial charge in [0.25, 0.3) is 0 Å². The smallest absolute Gasteiger partial charge is 0.343 e. The van der Waals surface area contributed by atoms with Gasteiger partial charge in [-0.15, -0.1) is 0 Å². The number of hydrogen-bond acceptors (Lipinski definition) is 10. The standard InChI is InChI=1S/C20H24O10/c1-6-12(23)28-11-9(21)18-8-5-7(16(2,3)4)17(18)10(22)13(24)29-15(17)30-20(18,14(25)27-8)19(6,11)26/h6-11,15,21-22,26H,5H2,1-4H3/t6-,7+,8-,9+,10+,11+,15+,17?,18+,19-,20-/m1/s1. The normalized spacial score (nSPS) is 60.1. The first kappa shape index (κ1) is 19.0. The molecular weight excluding hydrogens is 400 g/mol. The maximum absolute atomic E-state index is 13.4. The van der Waals surface area contributed by atoms with Crippen molar-refractivity contribution in [1.82, 2.24) is 0 Å². The van der Waals surface area contributed by atoms with Gasteiger partial charge in [-0.1, -0.05) is 20.8 Å². The summed E-state index contributed by atoms with van der Waals surface area (Å²) in [5.74, 6) is -4.32. The van der Waals surface area contributed by atoms with Crippen LogP contribution in [0, 0.1) is 28.1 Å². The van der Waals surface area contributed by atoms with Gasteiger partial charge in [-0.2, -0.15) is 0 Å². The van der Waals surface area contributed by atoms with Gasteiger partial charge in [0.1, 0.15) is 12.2 Å². The highest BCUT2D eigenvalue weighted by molar-refractivity contribution is 5.94. The molecule has 0 amide bonds. The summed E-state index contributed by atoms with van der Waals surface area (Å²) in [5, 5.41) is 34.7. The summed E-state index contributed by atoms with van der Waals surface area (Å²) in [6, 6.07) is 0. The second-order valence-corrected chi connectivity index (χ2v) is 10.7. The van der Waals surface area contributed by atoms with Crippen molar-refractivity contribution < 1.29 is 48.7 Å². The molecule has 0 aromatic carbocycles. The maximum Gasteiger partial charge on any atom is 0.343 e. The van der Waals surface area contributed by atoms with Crippen molar-refractivity contribution in [3.63, 3.8) is 0 Å². The third kappa shape index (κ3) is 1.33. The minimum Gasteiger partial charge on any atom is -0.459 e. The minimum atomic E-state index is -2.24. The first-order valence-electron chi connectivity index (χ1n) is 10.2. The molecule has 30 heavy (non-hydrogen) atoms. The molecule has 0 bridgehead atoms. The van der Waals surface area contributed by atoms with Gasteiger partial charge < -0.3 is 34.3 Å². The number of hydrogen-bond donors (Lipinski definition) is 3. The first-order chi connectivity index (χ1) is 13.8. The van der Waals surface area contributed by atoms with Crippen LogP contribution in [-0.2, 0) is 33.3 Å². The summed E-state index contributed by atoms with van der Waals surface area (Å²) >= 11 is 0. The molecule has 6 rings (SSSR count). The van der Waals surface area contributed by atoms with E-state index in [0.717, 1.165) is 0 Å². The minimum absolute atomic E-state index is 0.229. The zero-order chi connectivity index (χ0) is 21.8. The van der Waals surface area contributed by atoms with Gasteiger partial charge in [0.15, 0.2) is 17.8 Å². The number of carbonyl (C=O) groups excluding carboxylic acids is 3. The van der Waals surface area contributed by atoms with Crippen LogP contribution in [0.4, 0.5) is 0 Å². The molecule has 10 heteroatoms. The van der Waals surface area contributed by atoms with Crippen LogP contribution in [0.3, 0.4) is 0 Å². The van der Waals surface area contributed by atoms with Crippen LogP contribution in [0.15, 0.2) is 0 Å². The van der Waals surface area contributed by atoms with Crippen LogP contribution in [0.2, 0.25) is 0 Å². The van der Waals surface area contributed by atoms with Gasteiger partial charge in [0, 0.05) is 0 Å². The predicted octanol–water partition coefficient (Wildman–Crippen LogP) is -1.37. The summed E-state index contributed by atoms with van der Waals surface area (Å²) in [4.78, 5) is 38.2. The van der Waals surface area contributed by atoms with Crippen molar-refractivity contribution in [1.29, 1.82) is 0 Å². The molecule has 4 heterocycles. The molecule has 6 aliphatic rings. The monoisotopic (exact) mass is 424 g/mol. The second kappa shape index (κ2) is 4.69. The zero-order valence-corrected chi connectivity index (χ0v) is 16.9. The Bertz CT molecular complexity index is 925. The van der Waals surface area contributed by atoms with Crippen LogP contribution >= 0.6 is 0 Å². The molecule has 2 saturated carbocycles. The molecule has 0 aromatic heterocycles.